The number of carboxylic acids is 1. The van der Waals surface area contributed by atoms with Crippen LogP contribution in [0, 0.1) is 0 Å². The summed E-state index contributed by atoms with van der Waals surface area (Å²) in [6.45, 7) is -0.487. The van der Waals surface area contributed by atoms with Gasteiger partial charge in [0.2, 0.25) is 4.96 Å². The fourth-order valence-corrected chi connectivity index (χ4v) is 5.21. The molecule has 3 heterocycles. The molecule has 1 aliphatic rings. The van der Waals surface area contributed by atoms with E-state index in [9.17, 15) is 19.5 Å². The number of nitrogens with zero attached hydrogens (tertiary/aromatic N) is 4. The van der Waals surface area contributed by atoms with Crippen molar-refractivity contribution in [1.29, 1.82) is 0 Å². The molecular weight excluding hydrogens is 440 g/mol. The minimum Gasteiger partial charge on any atom is -0.480 e. The lowest BCUT2D eigenvalue weighted by atomic mass is 10.0. The van der Waals surface area contributed by atoms with E-state index < -0.39 is 24.0 Å². The van der Waals surface area contributed by atoms with Crippen LogP contribution in [0.15, 0.2) is 71.5 Å². The molecule has 0 bridgehead atoms. The number of hydrogen-bond acceptors (Lipinski definition) is 6. The van der Waals surface area contributed by atoms with Crippen molar-refractivity contribution in [2.45, 2.75) is 0 Å². The Morgan fingerprint density at radius 2 is 1.67 bits per heavy atom. The average Bonchev–Trinajstić information content (AvgIpc) is 3.45. The van der Waals surface area contributed by atoms with Gasteiger partial charge >= 0.3 is 5.97 Å². The first-order valence-electron chi connectivity index (χ1n) is 10.1. The smallest absolute Gasteiger partial charge is 0.323 e. The molecule has 0 unspecified atom stereocenters. The lowest BCUT2D eigenvalue weighted by molar-refractivity contribution is -0.136. The Balaban J connectivity index is 1.56. The number of rotatable bonds is 3. The monoisotopic (exact) mass is 454 g/mol. The summed E-state index contributed by atoms with van der Waals surface area (Å²) < 4.78 is 1.40. The first-order chi connectivity index (χ1) is 16.0. The third-order valence-corrected chi connectivity index (χ3v) is 6.66. The molecule has 6 rings (SSSR count). The summed E-state index contributed by atoms with van der Waals surface area (Å²) in [6.07, 6.45) is 0. The van der Waals surface area contributed by atoms with Gasteiger partial charge in [-0.1, -0.05) is 72.0 Å². The largest absolute Gasteiger partial charge is 0.480 e. The Morgan fingerprint density at radius 1 is 0.939 bits per heavy atom. The second kappa shape index (κ2) is 7.07. The summed E-state index contributed by atoms with van der Waals surface area (Å²) in [5, 5.41) is 15.7. The molecule has 2 aromatic heterocycles. The Bertz CT molecular complexity index is 1730. The molecule has 1 amide bonds. The van der Waals surface area contributed by atoms with Crippen LogP contribution in [0.5, 0.6) is 0 Å². The maximum absolute atomic E-state index is 13.3. The van der Waals surface area contributed by atoms with Crippen molar-refractivity contribution in [1.82, 2.24) is 14.6 Å². The number of carboxylic acid groups (broad SMARTS) is 1. The van der Waals surface area contributed by atoms with Crippen LogP contribution in [-0.2, 0) is 9.59 Å². The quantitative estimate of drug-likeness (QED) is 0.449. The number of aliphatic carboxylic acids is 1. The molecule has 33 heavy (non-hydrogen) atoms. The number of carbonyl (C=O) groups is 2. The number of amides is 1. The molecule has 1 aliphatic heterocycles. The fourth-order valence-electron chi connectivity index (χ4n) is 4.21. The van der Waals surface area contributed by atoms with Crippen LogP contribution in [0.4, 0.5) is 5.69 Å². The van der Waals surface area contributed by atoms with E-state index in [1.807, 2.05) is 42.5 Å². The van der Waals surface area contributed by atoms with E-state index in [0.717, 1.165) is 27.7 Å². The van der Waals surface area contributed by atoms with Crippen molar-refractivity contribution in [2.24, 2.45) is 0 Å². The molecule has 0 saturated carbocycles. The third-order valence-electron chi connectivity index (χ3n) is 5.63. The zero-order valence-electron chi connectivity index (χ0n) is 16.9. The van der Waals surface area contributed by atoms with Gasteiger partial charge in [-0.25, -0.2) is 0 Å². The number of benzene rings is 3. The second-order valence-electron chi connectivity index (χ2n) is 7.57. The minimum absolute atomic E-state index is 0.181. The number of para-hydroxylation sites is 1. The number of hydrogen-bond donors (Lipinski definition) is 1. The van der Waals surface area contributed by atoms with Crippen LogP contribution >= 0.6 is 11.3 Å². The lowest BCUT2D eigenvalue weighted by Crippen LogP contribution is -2.35. The number of carbonyl (C=O) groups excluding carboxylic acids is 1. The van der Waals surface area contributed by atoms with E-state index in [-0.39, 0.29) is 10.1 Å². The molecule has 160 valence electrons. The van der Waals surface area contributed by atoms with E-state index in [1.54, 1.807) is 24.3 Å². The van der Waals surface area contributed by atoms with E-state index >= 15 is 0 Å². The summed E-state index contributed by atoms with van der Waals surface area (Å²) in [6, 6.07) is 20.5. The molecule has 0 radical (unpaired) electrons. The Labute approximate surface area is 189 Å². The molecule has 1 N–H and O–H groups in total. The maximum atomic E-state index is 13.3. The van der Waals surface area contributed by atoms with E-state index in [1.165, 1.54) is 9.42 Å². The first kappa shape index (κ1) is 19.3. The normalized spacial score (nSPS) is 14.9. The van der Waals surface area contributed by atoms with Crippen LogP contribution in [-0.4, -0.2) is 38.1 Å². The predicted molar refractivity (Wildman–Crippen MR) is 124 cm³/mol. The molecular formula is C24H14N4O4S. The maximum Gasteiger partial charge on any atom is 0.323 e. The van der Waals surface area contributed by atoms with Crippen molar-refractivity contribution in [3.8, 4) is 11.4 Å². The van der Waals surface area contributed by atoms with Crippen molar-refractivity contribution in [2.75, 3.05) is 11.4 Å². The van der Waals surface area contributed by atoms with Gasteiger partial charge in [-0.15, -0.1) is 5.10 Å². The second-order valence-corrected chi connectivity index (χ2v) is 8.55. The molecule has 0 spiro atoms. The van der Waals surface area contributed by atoms with E-state index in [0.29, 0.717) is 22.0 Å². The molecule has 5 aromatic rings. The number of anilines is 1. The number of thiazole rings is 1. The van der Waals surface area contributed by atoms with Crippen LogP contribution in [0.25, 0.3) is 32.7 Å². The summed E-state index contributed by atoms with van der Waals surface area (Å²) in [7, 11) is 0. The van der Waals surface area contributed by atoms with Gasteiger partial charge in [-0.3, -0.25) is 19.3 Å². The zero-order chi connectivity index (χ0) is 22.7. The number of aromatic nitrogens is 3. The van der Waals surface area contributed by atoms with Crippen LogP contribution in [0.3, 0.4) is 0 Å². The lowest BCUT2D eigenvalue weighted by Gasteiger charge is -2.13. The van der Waals surface area contributed by atoms with Gasteiger partial charge in [0.15, 0.2) is 5.82 Å². The van der Waals surface area contributed by atoms with Crippen molar-refractivity contribution in [3.05, 3.63) is 87.2 Å². The Kier molecular flexibility index (Phi) is 4.14. The van der Waals surface area contributed by atoms with Gasteiger partial charge in [0, 0.05) is 11.1 Å². The van der Waals surface area contributed by atoms with Crippen molar-refractivity contribution in [3.63, 3.8) is 0 Å². The highest BCUT2D eigenvalue weighted by atomic mass is 32.1. The van der Waals surface area contributed by atoms with Crippen molar-refractivity contribution < 1.29 is 14.7 Å². The Hall–Kier alpha value is -4.37. The van der Waals surface area contributed by atoms with Gasteiger partial charge < -0.3 is 5.11 Å². The topological polar surface area (TPSA) is 105 Å². The summed E-state index contributed by atoms with van der Waals surface area (Å²) >= 11 is 1.08. The summed E-state index contributed by atoms with van der Waals surface area (Å²) in [4.78, 5) is 43.8. The highest BCUT2D eigenvalue weighted by Gasteiger charge is 2.35. The summed E-state index contributed by atoms with van der Waals surface area (Å²) in [5.74, 6) is -1.23. The van der Waals surface area contributed by atoms with Gasteiger partial charge in [0.25, 0.3) is 11.5 Å². The molecule has 0 aliphatic carbocycles. The molecule has 0 saturated heterocycles. The van der Waals surface area contributed by atoms with Gasteiger partial charge in [-0.05, 0) is 16.8 Å². The molecule has 9 heteroatoms. The Morgan fingerprint density at radius 3 is 2.48 bits per heavy atom. The average molecular weight is 454 g/mol. The molecule has 3 aromatic carbocycles. The zero-order valence-corrected chi connectivity index (χ0v) is 17.7. The van der Waals surface area contributed by atoms with Crippen LogP contribution < -0.4 is 15.0 Å². The van der Waals surface area contributed by atoms with Crippen LogP contribution in [0.1, 0.15) is 5.56 Å². The summed E-state index contributed by atoms with van der Waals surface area (Å²) in [5.41, 5.74) is 1.53. The SMILES string of the molecule is O=C(O)CN1C(=O)/C(=c2\sc3nc(-c4cccc5ccccc45)nn3c2=O)c2ccccc21. The fraction of sp³-hybridized carbons (Fsp3) is 0.0417. The highest BCUT2D eigenvalue weighted by molar-refractivity contribution is 7.15. The highest BCUT2D eigenvalue weighted by Crippen LogP contribution is 2.35. The van der Waals surface area contributed by atoms with Crippen LogP contribution in [0.2, 0.25) is 0 Å². The van der Waals surface area contributed by atoms with Gasteiger partial charge in [0.1, 0.15) is 11.1 Å². The van der Waals surface area contributed by atoms with Gasteiger partial charge in [-0.2, -0.15) is 9.50 Å². The van der Waals surface area contributed by atoms with Gasteiger partial charge in [0.05, 0.1) is 11.3 Å². The van der Waals surface area contributed by atoms with E-state index in [2.05, 4.69) is 10.1 Å². The molecule has 8 nitrogen and oxygen atoms in total. The molecule has 0 atom stereocenters. The standard InChI is InChI=1S/C24H14N4O4S/c29-18(30)12-27-17-11-4-3-9-16(17)19(22(27)31)20-23(32)28-24(33-20)25-21(26-28)15-10-5-7-13-6-1-2-8-14(13)15/h1-11H,12H2,(H,29,30)/b20-19-. The van der Waals surface area contributed by atoms with E-state index in [4.69, 9.17) is 0 Å². The number of fused-ring (bicyclic) bond motifs is 3. The minimum atomic E-state index is -1.14. The molecule has 0 fully saturated rings. The van der Waals surface area contributed by atoms with Crippen molar-refractivity contribution >= 4 is 50.2 Å². The predicted octanol–water partition coefficient (Wildman–Crippen LogP) is 2.32. The third kappa shape index (κ3) is 2.86. The first-order valence-corrected chi connectivity index (χ1v) is 10.9.